The van der Waals surface area contributed by atoms with Crippen molar-refractivity contribution in [2.24, 2.45) is 0 Å². The van der Waals surface area contributed by atoms with Crippen LogP contribution in [0.5, 0.6) is 0 Å². The van der Waals surface area contributed by atoms with Crippen molar-refractivity contribution in [2.75, 3.05) is 7.11 Å². The summed E-state index contributed by atoms with van der Waals surface area (Å²) in [5.74, 6) is -0.124. The minimum atomic E-state index is -0.429. The van der Waals surface area contributed by atoms with Crippen LogP contribution < -0.4 is 0 Å². The molecule has 2 aromatic heterocycles. The van der Waals surface area contributed by atoms with Gasteiger partial charge in [0.15, 0.2) is 0 Å². The second-order valence-corrected chi connectivity index (χ2v) is 3.73. The third-order valence-corrected chi connectivity index (χ3v) is 2.77. The summed E-state index contributed by atoms with van der Waals surface area (Å²) in [5.41, 5.74) is 1.83. The standard InChI is InChI=1S/C13H10N2O2/c1-17-13(16)12-14-8-10-7-6-9-4-2-3-5-11(9)15(10)12/h2-8H,1H3. The number of methoxy groups -OCH3 is 1. The predicted octanol–water partition coefficient (Wildman–Crippen LogP) is 2.27. The highest BCUT2D eigenvalue weighted by atomic mass is 16.5. The maximum Gasteiger partial charge on any atom is 0.374 e. The summed E-state index contributed by atoms with van der Waals surface area (Å²) >= 11 is 0. The Labute approximate surface area is 97.5 Å². The van der Waals surface area contributed by atoms with Gasteiger partial charge in [0.1, 0.15) is 0 Å². The van der Waals surface area contributed by atoms with E-state index in [1.54, 1.807) is 10.6 Å². The van der Waals surface area contributed by atoms with Crippen molar-refractivity contribution >= 4 is 22.4 Å². The van der Waals surface area contributed by atoms with Gasteiger partial charge in [0.05, 0.1) is 24.3 Å². The van der Waals surface area contributed by atoms with Crippen LogP contribution in [0.25, 0.3) is 16.4 Å². The quantitative estimate of drug-likeness (QED) is 0.598. The normalized spacial score (nSPS) is 10.9. The van der Waals surface area contributed by atoms with E-state index in [0.717, 1.165) is 16.4 Å². The van der Waals surface area contributed by atoms with E-state index in [1.807, 2.05) is 36.4 Å². The van der Waals surface area contributed by atoms with Crippen LogP contribution >= 0.6 is 0 Å². The first-order valence-electron chi connectivity index (χ1n) is 5.25. The van der Waals surface area contributed by atoms with E-state index in [4.69, 9.17) is 4.74 Å². The molecule has 84 valence electrons. The topological polar surface area (TPSA) is 43.6 Å². The Morgan fingerprint density at radius 2 is 2.06 bits per heavy atom. The first-order chi connectivity index (χ1) is 8.31. The van der Waals surface area contributed by atoms with Crippen LogP contribution in [-0.2, 0) is 4.74 Å². The van der Waals surface area contributed by atoms with Crippen molar-refractivity contribution in [2.45, 2.75) is 0 Å². The third-order valence-electron chi connectivity index (χ3n) is 2.77. The largest absolute Gasteiger partial charge is 0.463 e. The zero-order valence-electron chi connectivity index (χ0n) is 9.25. The Bertz CT molecular complexity index is 716. The number of esters is 1. The van der Waals surface area contributed by atoms with Crippen molar-refractivity contribution in [1.29, 1.82) is 0 Å². The van der Waals surface area contributed by atoms with Crippen LogP contribution in [0.3, 0.4) is 0 Å². The van der Waals surface area contributed by atoms with Crippen molar-refractivity contribution in [3.8, 4) is 0 Å². The van der Waals surface area contributed by atoms with E-state index in [9.17, 15) is 4.79 Å². The zero-order valence-corrected chi connectivity index (χ0v) is 9.25. The van der Waals surface area contributed by atoms with Gasteiger partial charge < -0.3 is 4.74 Å². The summed E-state index contributed by atoms with van der Waals surface area (Å²) in [6, 6.07) is 11.8. The minimum Gasteiger partial charge on any atom is -0.463 e. The number of para-hydroxylation sites is 1. The van der Waals surface area contributed by atoms with Gasteiger partial charge in [-0.15, -0.1) is 0 Å². The summed E-state index contributed by atoms with van der Waals surface area (Å²) < 4.78 is 6.54. The van der Waals surface area contributed by atoms with Gasteiger partial charge in [0, 0.05) is 0 Å². The molecule has 3 aromatic rings. The van der Waals surface area contributed by atoms with Gasteiger partial charge in [-0.25, -0.2) is 9.78 Å². The maximum absolute atomic E-state index is 11.6. The molecular weight excluding hydrogens is 216 g/mol. The third kappa shape index (κ3) is 1.38. The number of aromatic nitrogens is 2. The van der Waals surface area contributed by atoms with E-state index in [1.165, 1.54) is 7.11 Å². The van der Waals surface area contributed by atoms with Gasteiger partial charge in [-0.3, -0.25) is 4.40 Å². The fraction of sp³-hybridized carbons (Fsp3) is 0.0769. The number of hydrogen-bond donors (Lipinski definition) is 0. The van der Waals surface area contributed by atoms with Crippen LogP contribution in [0.15, 0.2) is 42.6 Å². The minimum absolute atomic E-state index is 0.305. The lowest BCUT2D eigenvalue weighted by Crippen LogP contribution is -2.07. The highest BCUT2D eigenvalue weighted by Crippen LogP contribution is 2.18. The molecule has 2 heterocycles. The number of pyridine rings is 1. The Hall–Kier alpha value is -2.36. The molecule has 0 spiro atoms. The highest BCUT2D eigenvalue weighted by molar-refractivity contribution is 5.91. The fourth-order valence-corrected chi connectivity index (χ4v) is 1.98. The summed E-state index contributed by atoms with van der Waals surface area (Å²) in [5, 5.41) is 1.06. The van der Waals surface area contributed by atoms with Gasteiger partial charge in [0.25, 0.3) is 0 Å². The van der Waals surface area contributed by atoms with Crippen molar-refractivity contribution in [1.82, 2.24) is 9.38 Å². The second kappa shape index (κ2) is 3.59. The molecule has 0 N–H and O–H groups in total. The number of ether oxygens (including phenoxy) is 1. The number of fused-ring (bicyclic) bond motifs is 3. The molecule has 0 radical (unpaired) electrons. The molecule has 0 amide bonds. The summed E-state index contributed by atoms with van der Waals surface area (Å²) in [6.45, 7) is 0. The summed E-state index contributed by atoms with van der Waals surface area (Å²) in [4.78, 5) is 15.7. The first kappa shape index (κ1) is 9.84. The molecule has 0 saturated heterocycles. The van der Waals surface area contributed by atoms with Gasteiger partial charge in [0.2, 0.25) is 5.82 Å². The van der Waals surface area contributed by atoms with Gasteiger partial charge in [-0.2, -0.15) is 0 Å². The highest BCUT2D eigenvalue weighted by Gasteiger charge is 2.14. The molecule has 0 saturated carbocycles. The number of rotatable bonds is 1. The van der Waals surface area contributed by atoms with E-state index in [-0.39, 0.29) is 0 Å². The summed E-state index contributed by atoms with van der Waals surface area (Å²) in [6.07, 6.45) is 1.67. The van der Waals surface area contributed by atoms with E-state index in [2.05, 4.69) is 4.98 Å². The lowest BCUT2D eigenvalue weighted by atomic mass is 10.2. The molecule has 4 nitrogen and oxygen atoms in total. The Morgan fingerprint density at radius 3 is 2.88 bits per heavy atom. The molecule has 0 fully saturated rings. The molecule has 0 aliphatic heterocycles. The molecule has 17 heavy (non-hydrogen) atoms. The van der Waals surface area contributed by atoms with Crippen LogP contribution in [0, 0.1) is 0 Å². The van der Waals surface area contributed by atoms with Gasteiger partial charge >= 0.3 is 5.97 Å². The maximum atomic E-state index is 11.6. The fourth-order valence-electron chi connectivity index (χ4n) is 1.98. The molecule has 3 rings (SSSR count). The second-order valence-electron chi connectivity index (χ2n) is 3.73. The number of benzene rings is 1. The van der Waals surface area contributed by atoms with Crippen LogP contribution in [0.2, 0.25) is 0 Å². The molecule has 0 unspecified atom stereocenters. The molecule has 0 bridgehead atoms. The van der Waals surface area contributed by atoms with Gasteiger partial charge in [-0.05, 0) is 17.5 Å². The average molecular weight is 226 g/mol. The molecular formula is C13H10N2O2. The van der Waals surface area contributed by atoms with E-state index >= 15 is 0 Å². The molecule has 0 aliphatic carbocycles. The van der Waals surface area contributed by atoms with Crippen molar-refractivity contribution < 1.29 is 9.53 Å². The lowest BCUT2D eigenvalue weighted by molar-refractivity contribution is 0.0586. The SMILES string of the molecule is COC(=O)c1ncc2ccc3ccccc3n12. The van der Waals surface area contributed by atoms with Crippen molar-refractivity contribution in [3.05, 3.63) is 48.4 Å². The van der Waals surface area contributed by atoms with E-state index < -0.39 is 5.97 Å². The number of hydrogen-bond acceptors (Lipinski definition) is 3. The van der Waals surface area contributed by atoms with Gasteiger partial charge in [-0.1, -0.05) is 24.3 Å². The smallest absolute Gasteiger partial charge is 0.374 e. The number of nitrogens with zero attached hydrogens (tertiary/aromatic N) is 2. The van der Waals surface area contributed by atoms with Crippen LogP contribution in [-0.4, -0.2) is 22.5 Å². The zero-order chi connectivity index (χ0) is 11.8. The predicted molar refractivity (Wildman–Crippen MR) is 64.0 cm³/mol. The Kier molecular flexibility index (Phi) is 2.08. The van der Waals surface area contributed by atoms with Crippen LogP contribution in [0.1, 0.15) is 10.6 Å². The molecule has 1 aromatic carbocycles. The number of carbonyl (C=O) groups excluding carboxylic acids is 1. The number of imidazole rings is 1. The first-order valence-corrected chi connectivity index (χ1v) is 5.25. The van der Waals surface area contributed by atoms with Crippen molar-refractivity contribution in [3.63, 3.8) is 0 Å². The lowest BCUT2D eigenvalue weighted by Gasteiger charge is -2.04. The summed E-state index contributed by atoms with van der Waals surface area (Å²) in [7, 11) is 1.36. The molecule has 4 heteroatoms. The number of carbonyl (C=O) groups is 1. The van der Waals surface area contributed by atoms with Crippen LogP contribution in [0.4, 0.5) is 0 Å². The average Bonchev–Trinajstić information content (AvgIpc) is 2.82. The molecule has 0 aliphatic rings. The Morgan fingerprint density at radius 1 is 1.24 bits per heavy atom. The van der Waals surface area contributed by atoms with E-state index in [0.29, 0.717) is 5.82 Å². The Balaban J connectivity index is 2.46. The molecule has 0 atom stereocenters. The monoisotopic (exact) mass is 226 g/mol.